The Bertz CT molecular complexity index is 892. The average Bonchev–Trinajstić information content (AvgIpc) is 2.85. The summed E-state index contributed by atoms with van der Waals surface area (Å²) < 4.78 is 0. The monoisotopic (exact) mass is 339 g/mol. The lowest BCUT2D eigenvalue weighted by molar-refractivity contribution is -0.385. The largest absolute Gasteiger partial charge is 0.502 e. The summed E-state index contributed by atoms with van der Waals surface area (Å²) in [7, 11) is 0. The summed E-state index contributed by atoms with van der Waals surface area (Å²) in [5.41, 5.74) is 0.649. The minimum atomic E-state index is -0.728. The highest BCUT2D eigenvalue weighted by Crippen LogP contribution is 2.27. The molecule has 1 heterocycles. The van der Waals surface area contributed by atoms with Crippen molar-refractivity contribution in [2.24, 2.45) is 0 Å². The van der Waals surface area contributed by atoms with Gasteiger partial charge in [-0.3, -0.25) is 19.8 Å². The van der Waals surface area contributed by atoms with Gasteiger partial charge in [0.25, 0.3) is 5.91 Å². The van der Waals surface area contributed by atoms with Crippen molar-refractivity contribution in [3.8, 4) is 5.75 Å². The normalized spacial score (nSPS) is 15.5. The number of nitrogens with zero attached hydrogens (tertiary/aromatic N) is 2. The molecule has 1 aliphatic heterocycles. The number of rotatable bonds is 4. The maximum Gasteiger partial charge on any atom is 0.329 e. The molecule has 8 heteroatoms. The van der Waals surface area contributed by atoms with Crippen LogP contribution in [0.5, 0.6) is 5.75 Å². The number of carbonyl (C=O) groups excluding carboxylic acids is 2. The summed E-state index contributed by atoms with van der Waals surface area (Å²) in [5.74, 6) is -0.996. The second-order valence-corrected chi connectivity index (χ2v) is 5.37. The van der Waals surface area contributed by atoms with Crippen LogP contribution < -0.4 is 5.32 Å². The van der Waals surface area contributed by atoms with Gasteiger partial charge in [-0.05, 0) is 23.3 Å². The minimum Gasteiger partial charge on any atom is -0.502 e. The zero-order chi connectivity index (χ0) is 18.0. The van der Waals surface area contributed by atoms with Crippen LogP contribution >= 0.6 is 0 Å². The van der Waals surface area contributed by atoms with E-state index in [0.29, 0.717) is 5.56 Å². The van der Waals surface area contributed by atoms with Crippen molar-refractivity contribution >= 4 is 23.7 Å². The summed E-state index contributed by atoms with van der Waals surface area (Å²) in [6.45, 7) is 0.124. The van der Waals surface area contributed by atoms with Crippen LogP contribution in [0.25, 0.3) is 6.08 Å². The van der Waals surface area contributed by atoms with Crippen LogP contribution in [0, 0.1) is 10.1 Å². The van der Waals surface area contributed by atoms with Gasteiger partial charge in [0.05, 0.1) is 11.5 Å². The molecular weight excluding hydrogens is 326 g/mol. The number of nitrogens with one attached hydrogen (secondary N) is 1. The number of nitro groups is 1. The van der Waals surface area contributed by atoms with E-state index in [9.17, 15) is 24.8 Å². The van der Waals surface area contributed by atoms with E-state index in [-0.39, 0.29) is 12.2 Å². The molecule has 1 saturated heterocycles. The highest BCUT2D eigenvalue weighted by molar-refractivity contribution is 6.13. The number of hydrogen-bond donors (Lipinski definition) is 2. The number of phenols is 1. The van der Waals surface area contributed by atoms with Crippen LogP contribution in [0.3, 0.4) is 0 Å². The smallest absolute Gasteiger partial charge is 0.329 e. The summed E-state index contributed by atoms with van der Waals surface area (Å²) in [6, 6.07) is 12.2. The molecule has 0 atom stereocenters. The lowest BCUT2D eigenvalue weighted by Gasteiger charge is -2.11. The quantitative estimate of drug-likeness (QED) is 0.384. The number of imide groups is 1. The first-order valence-electron chi connectivity index (χ1n) is 7.31. The van der Waals surface area contributed by atoms with Crippen LogP contribution in [-0.2, 0) is 11.3 Å². The number of urea groups is 1. The fraction of sp³-hybridized carbons (Fsp3) is 0.0588. The molecule has 126 valence electrons. The highest BCUT2D eigenvalue weighted by Gasteiger charge is 2.33. The number of benzene rings is 2. The molecule has 8 nitrogen and oxygen atoms in total. The van der Waals surface area contributed by atoms with Crippen molar-refractivity contribution in [1.82, 2.24) is 10.2 Å². The number of nitro benzene ring substituents is 1. The molecule has 2 aromatic carbocycles. The van der Waals surface area contributed by atoms with Crippen LogP contribution in [0.2, 0.25) is 0 Å². The van der Waals surface area contributed by atoms with Gasteiger partial charge in [0.2, 0.25) is 0 Å². The van der Waals surface area contributed by atoms with E-state index in [1.807, 2.05) is 6.07 Å². The highest BCUT2D eigenvalue weighted by atomic mass is 16.6. The number of aromatic hydroxyl groups is 1. The third-order valence-corrected chi connectivity index (χ3v) is 3.65. The Morgan fingerprint density at radius 3 is 2.56 bits per heavy atom. The minimum absolute atomic E-state index is 0.0147. The summed E-state index contributed by atoms with van der Waals surface area (Å²) in [6.07, 6.45) is 1.33. The lowest BCUT2D eigenvalue weighted by Crippen LogP contribution is -2.30. The summed E-state index contributed by atoms with van der Waals surface area (Å²) in [4.78, 5) is 35.6. The number of carbonyl (C=O) groups is 2. The zero-order valence-electron chi connectivity index (χ0n) is 12.9. The van der Waals surface area contributed by atoms with Crippen molar-refractivity contribution in [3.63, 3.8) is 0 Å². The van der Waals surface area contributed by atoms with Gasteiger partial charge in [-0.1, -0.05) is 36.4 Å². The Morgan fingerprint density at radius 1 is 1.16 bits per heavy atom. The molecule has 2 N–H and O–H groups in total. The molecule has 0 unspecified atom stereocenters. The number of phenolic OH excluding ortho intramolecular Hbond substituents is 1. The molecule has 0 saturated carbocycles. The second-order valence-electron chi connectivity index (χ2n) is 5.37. The Kier molecular flexibility index (Phi) is 4.17. The zero-order valence-corrected chi connectivity index (χ0v) is 12.9. The van der Waals surface area contributed by atoms with E-state index in [0.717, 1.165) is 22.6 Å². The molecule has 3 rings (SSSR count). The van der Waals surface area contributed by atoms with E-state index in [4.69, 9.17) is 0 Å². The average molecular weight is 339 g/mol. The standard InChI is InChI=1S/C17H13N3O5/c21-15-7-6-12(9-14(15)20(24)25)8-13-16(22)19(17(23)18-13)10-11-4-2-1-3-5-11/h1-9,21H,10H2,(H,18,23)/b13-8-. The molecule has 25 heavy (non-hydrogen) atoms. The SMILES string of the molecule is O=C1N/C(=C\c2ccc(O)c([N+](=O)[O-])c2)C(=O)N1Cc1ccccc1. The van der Waals surface area contributed by atoms with Crippen LogP contribution in [0.1, 0.15) is 11.1 Å². The number of amides is 3. The molecule has 2 aromatic rings. The van der Waals surface area contributed by atoms with E-state index in [1.54, 1.807) is 24.3 Å². The summed E-state index contributed by atoms with van der Waals surface area (Å²) >= 11 is 0. The first-order valence-corrected chi connectivity index (χ1v) is 7.31. The molecule has 0 aromatic heterocycles. The van der Waals surface area contributed by atoms with Gasteiger partial charge < -0.3 is 10.4 Å². The Labute approximate surface area is 142 Å². The van der Waals surface area contributed by atoms with Gasteiger partial charge >= 0.3 is 11.7 Å². The van der Waals surface area contributed by atoms with Crippen LogP contribution in [0.15, 0.2) is 54.2 Å². The van der Waals surface area contributed by atoms with Crippen molar-refractivity contribution in [2.75, 3.05) is 0 Å². The molecule has 0 radical (unpaired) electrons. The molecule has 0 aliphatic carbocycles. The van der Waals surface area contributed by atoms with Gasteiger partial charge in [-0.25, -0.2) is 4.79 Å². The van der Waals surface area contributed by atoms with Gasteiger partial charge in [0.1, 0.15) is 5.70 Å². The Morgan fingerprint density at radius 2 is 1.88 bits per heavy atom. The maximum atomic E-state index is 12.4. The van der Waals surface area contributed by atoms with Gasteiger partial charge in [0, 0.05) is 6.07 Å². The van der Waals surface area contributed by atoms with E-state index in [1.165, 1.54) is 12.1 Å². The fourth-order valence-corrected chi connectivity index (χ4v) is 2.42. The second kappa shape index (κ2) is 6.44. The van der Waals surface area contributed by atoms with E-state index < -0.39 is 28.3 Å². The molecule has 0 bridgehead atoms. The van der Waals surface area contributed by atoms with Gasteiger partial charge in [-0.15, -0.1) is 0 Å². The molecule has 1 fully saturated rings. The van der Waals surface area contributed by atoms with Crippen LogP contribution in [-0.4, -0.2) is 26.9 Å². The first kappa shape index (κ1) is 16.2. The van der Waals surface area contributed by atoms with Crippen molar-refractivity contribution in [1.29, 1.82) is 0 Å². The third-order valence-electron chi connectivity index (χ3n) is 3.65. The van der Waals surface area contributed by atoms with Crippen molar-refractivity contribution in [2.45, 2.75) is 6.54 Å². The predicted molar refractivity (Wildman–Crippen MR) is 88.3 cm³/mol. The van der Waals surface area contributed by atoms with E-state index in [2.05, 4.69) is 5.32 Å². The topological polar surface area (TPSA) is 113 Å². The number of hydrogen-bond acceptors (Lipinski definition) is 5. The lowest BCUT2D eigenvalue weighted by atomic mass is 10.1. The van der Waals surface area contributed by atoms with Gasteiger partial charge in [-0.2, -0.15) is 0 Å². The maximum absolute atomic E-state index is 12.4. The predicted octanol–water partition coefficient (Wildman–Crippen LogP) is 2.39. The molecular formula is C17H13N3O5. The first-order chi connectivity index (χ1) is 12.0. The van der Waals surface area contributed by atoms with Crippen molar-refractivity contribution < 1.29 is 19.6 Å². The van der Waals surface area contributed by atoms with Crippen molar-refractivity contribution in [3.05, 3.63) is 75.5 Å². The van der Waals surface area contributed by atoms with Crippen LogP contribution in [0.4, 0.5) is 10.5 Å². The molecule has 3 amide bonds. The van der Waals surface area contributed by atoms with Gasteiger partial charge in [0.15, 0.2) is 5.75 Å². The van der Waals surface area contributed by atoms with E-state index >= 15 is 0 Å². The fourth-order valence-electron chi connectivity index (χ4n) is 2.42. The summed E-state index contributed by atoms with van der Waals surface area (Å²) in [5, 5.41) is 22.8. The Hall–Kier alpha value is -3.68. The Balaban J connectivity index is 1.85. The third kappa shape index (κ3) is 3.32. The molecule has 0 spiro atoms. The molecule has 1 aliphatic rings.